The number of ether oxygens (including phenoxy) is 2. The Morgan fingerprint density at radius 1 is 0.923 bits per heavy atom. The smallest absolute Gasteiger partial charge is 0.331 e. The summed E-state index contributed by atoms with van der Waals surface area (Å²) >= 11 is 0. The van der Waals surface area contributed by atoms with Crippen LogP contribution in [0, 0.1) is 17.8 Å². The average Bonchev–Trinajstić information content (AvgIpc) is 3.50. The van der Waals surface area contributed by atoms with Crippen molar-refractivity contribution in [2.75, 3.05) is 0 Å². The van der Waals surface area contributed by atoms with Crippen molar-refractivity contribution in [1.29, 1.82) is 0 Å². The van der Waals surface area contributed by atoms with Crippen molar-refractivity contribution < 1.29 is 44.6 Å². The fraction of sp³-hybridized carbons (Fsp3) is 0.628. The number of aliphatic hydroxyl groups is 5. The Morgan fingerprint density at radius 2 is 1.60 bits per heavy atom. The zero-order valence-electron chi connectivity index (χ0n) is 32.5. The fourth-order valence-corrected chi connectivity index (χ4v) is 6.60. The molecular weight excluding hydrogens is 660 g/mol. The minimum absolute atomic E-state index is 0.0757. The summed E-state index contributed by atoms with van der Waals surface area (Å²) in [5.74, 6) is -0.593. The summed E-state index contributed by atoms with van der Waals surface area (Å²) in [5.41, 5.74) is 4.04. The molecule has 0 amide bonds. The number of carbonyl (C=O) groups is 2. The zero-order chi connectivity index (χ0) is 38.8. The molecule has 292 valence electrons. The Labute approximate surface area is 312 Å². The number of aliphatic hydroxyl groups excluding tert-OH is 5. The highest BCUT2D eigenvalue weighted by molar-refractivity contribution is 5.82. The van der Waals surface area contributed by atoms with Gasteiger partial charge in [0, 0.05) is 31.3 Å². The van der Waals surface area contributed by atoms with Gasteiger partial charge >= 0.3 is 11.9 Å². The van der Waals surface area contributed by atoms with E-state index in [4.69, 9.17) is 9.47 Å². The molecule has 2 rings (SSSR count). The molecule has 0 aromatic rings. The van der Waals surface area contributed by atoms with Gasteiger partial charge in [-0.15, -0.1) is 0 Å². The van der Waals surface area contributed by atoms with E-state index in [2.05, 4.69) is 26.0 Å². The third kappa shape index (κ3) is 18.1. The molecule has 9 nitrogen and oxygen atoms in total. The molecule has 0 bridgehead atoms. The van der Waals surface area contributed by atoms with Crippen molar-refractivity contribution in [3.05, 3.63) is 83.1 Å². The molecule has 1 aliphatic heterocycles. The standard InChI is InChI=1S/C43H66O9/c1-28(24-38(47)39(48)26-34(7)45)12-10-14-35-18-19-36(27-35)20-21-43(50)51-40-16-11-17-42(49)52-41(15-9-8-13-30(40)3)32(5)23-29(2)22-31(4)37(46)25-33(6)44/h8-10,12,14,20-22,24,27,30-34,37-41,44-48H,11,13,15-19,23,25-26H2,1-7H3. The van der Waals surface area contributed by atoms with Crippen LogP contribution in [0.25, 0.3) is 0 Å². The lowest BCUT2D eigenvalue weighted by Crippen LogP contribution is -2.27. The molecule has 2 aliphatic rings. The van der Waals surface area contributed by atoms with Crippen molar-refractivity contribution in [2.45, 2.75) is 155 Å². The number of esters is 2. The summed E-state index contributed by atoms with van der Waals surface area (Å²) < 4.78 is 11.8. The largest absolute Gasteiger partial charge is 0.462 e. The molecule has 1 heterocycles. The predicted octanol–water partition coefficient (Wildman–Crippen LogP) is 6.90. The zero-order valence-corrected chi connectivity index (χ0v) is 32.5. The summed E-state index contributed by atoms with van der Waals surface area (Å²) in [5, 5.41) is 49.4. The first-order valence-corrected chi connectivity index (χ1v) is 19.1. The van der Waals surface area contributed by atoms with Crippen LogP contribution in [0.2, 0.25) is 0 Å². The van der Waals surface area contributed by atoms with E-state index in [-0.39, 0.29) is 48.8 Å². The number of carbonyl (C=O) groups excluding carboxylic acids is 2. The number of allylic oxidation sites excluding steroid dienone is 10. The van der Waals surface area contributed by atoms with Crippen LogP contribution in [0.5, 0.6) is 0 Å². The lowest BCUT2D eigenvalue weighted by molar-refractivity contribution is -0.151. The van der Waals surface area contributed by atoms with E-state index in [1.807, 2.05) is 51.2 Å². The molecule has 0 radical (unpaired) electrons. The summed E-state index contributed by atoms with van der Waals surface area (Å²) in [6, 6.07) is 0. The Kier molecular flexibility index (Phi) is 20.4. The number of cyclic esters (lactones) is 1. The van der Waals surface area contributed by atoms with Gasteiger partial charge in [0.25, 0.3) is 0 Å². The van der Waals surface area contributed by atoms with Crippen LogP contribution in [0.1, 0.15) is 113 Å². The van der Waals surface area contributed by atoms with Gasteiger partial charge in [-0.05, 0) is 95.6 Å². The topological polar surface area (TPSA) is 154 Å². The van der Waals surface area contributed by atoms with Crippen molar-refractivity contribution in [2.24, 2.45) is 17.8 Å². The molecule has 0 saturated carbocycles. The lowest BCUT2D eigenvalue weighted by atomic mass is 9.90. The van der Waals surface area contributed by atoms with E-state index in [1.165, 1.54) is 6.08 Å². The van der Waals surface area contributed by atoms with Crippen LogP contribution in [-0.2, 0) is 19.1 Å². The summed E-state index contributed by atoms with van der Waals surface area (Å²) in [4.78, 5) is 25.7. The first-order chi connectivity index (χ1) is 24.5. The second kappa shape index (κ2) is 23.6. The molecule has 0 aromatic carbocycles. The summed E-state index contributed by atoms with van der Waals surface area (Å²) in [6.07, 6.45) is 19.7. The van der Waals surface area contributed by atoms with E-state index in [0.717, 1.165) is 48.0 Å². The van der Waals surface area contributed by atoms with Crippen LogP contribution < -0.4 is 0 Å². The normalized spacial score (nSPS) is 26.2. The minimum Gasteiger partial charge on any atom is -0.462 e. The first kappa shape index (κ1) is 45.1. The van der Waals surface area contributed by atoms with Crippen molar-refractivity contribution >= 4 is 11.9 Å². The second-order valence-corrected chi connectivity index (χ2v) is 15.2. The second-order valence-electron chi connectivity index (χ2n) is 15.2. The molecule has 0 aromatic heterocycles. The maximum absolute atomic E-state index is 12.9. The highest BCUT2D eigenvalue weighted by atomic mass is 16.5. The molecule has 5 N–H and O–H groups in total. The van der Waals surface area contributed by atoms with Gasteiger partial charge in [-0.2, -0.15) is 0 Å². The van der Waals surface area contributed by atoms with Crippen molar-refractivity contribution in [3.8, 4) is 0 Å². The van der Waals surface area contributed by atoms with Gasteiger partial charge in [0.15, 0.2) is 0 Å². The molecule has 9 heteroatoms. The average molecular weight is 727 g/mol. The molecule has 0 saturated heterocycles. The van der Waals surface area contributed by atoms with Crippen molar-refractivity contribution in [3.63, 3.8) is 0 Å². The van der Waals surface area contributed by atoms with Gasteiger partial charge in [-0.25, -0.2) is 4.79 Å². The predicted molar refractivity (Wildman–Crippen MR) is 206 cm³/mol. The van der Waals surface area contributed by atoms with Gasteiger partial charge < -0.3 is 35.0 Å². The van der Waals surface area contributed by atoms with Crippen LogP contribution in [0.3, 0.4) is 0 Å². The fourth-order valence-electron chi connectivity index (χ4n) is 6.60. The molecule has 1 aliphatic carbocycles. The van der Waals surface area contributed by atoms with E-state index in [1.54, 1.807) is 26.0 Å². The lowest BCUT2D eigenvalue weighted by Gasteiger charge is -2.26. The Balaban J connectivity index is 1.94. The molecule has 0 fully saturated rings. The Hall–Kier alpha value is -3.08. The third-order valence-corrected chi connectivity index (χ3v) is 9.70. The molecule has 10 unspecified atom stereocenters. The minimum atomic E-state index is -1.05. The Bertz CT molecular complexity index is 1330. The third-order valence-electron chi connectivity index (χ3n) is 9.70. The van der Waals surface area contributed by atoms with Crippen LogP contribution in [-0.4, -0.2) is 80.2 Å². The summed E-state index contributed by atoms with van der Waals surface area (Å²) in [7, 11) is 0. The monoisotopic (exact) mass is 726 g/mol. The van der Waals surface area contributed by atoms with Gasteiger partial charge in [-0.1, -0.05) is 86.6 Å². The van der Waals surface area contributed by atoms with Gasteiger partial charge in [0.2, 0.25) is 0 Å². The van der Waals surface area contributed by atoms with E-state index >= 15 is 0 Å². The van der Waals surface area contributed by atoms with Crippen molar-refractivity contribution in [1.82, 2.24) is 0 Å². The van der Waals surface area contributed by atoms with Gasteiger partial charge in [-0.3, -0.25) is 4.79 Å². The maximum Gasteiger partial charge on any atom is 0.331 e. The highest BCUT2D eigenvalue weighted by Crippen LogP contribution is 2.27. The van der Waals surface area contributed by atoms with Crippen LogP contribution >= 0.6 is 0 Å². The number of hydrogen-bond donors (Lipinski definition) is 5. The Morgan fingerprint density at radius 3 is 2.29 bits per heavy atom. The van der Waals surface area contributed by atoms with Crippen LogP contribution in [0.15, 0.2) is 83.1 Å². The molecule has 52 heavy (non-hydrogen) atoms. The summed E-state index contributed by atoms with van der Waals surface area (Å²) in [6.45, 7) is 13.2. The van der Waals surface area contributed by atoms with Crippen LogP contribution in [0.4, 0.5) is 0 Å². The maximum atomic E-state index is 12.9. The van der Waals surface area contributed by atoms with Gasteiger partial charge in [0.05, 0.1) is 30.5 Å². The number of rotatable bonds is 16. The first-order valence-electron chi connectivity index (χ1n) is 19.1. The molecule has 10 atom stereocenters. The quantitative estimate of drug-likeness (QED) is 0.0495. The van der Waals surface area contributed by atoms with E-state index in [0.29, 0.717) is 25.7 Å². The molecular formula is C43H66O9. The van der Waals surface area contributed by atoms with Gasteiger partial charge in [0.1, 0.15) is 12.2 Å². The SMILES string of the molecule is CC(C=CC=C1C=C(C=CC(=O)OC2CCCC(=O)OC(C(C)CC(C)=CC(C)C(O)CC(C)O)CC=CCC2C)CC1)=CC(O)C(O)CC(C)O. The van der Waals surface area contributed by atoms with E-state index in [9.17, 15) is 35.1 Å². The number of hydrogen-bond acceptors (Lipinski definition) is 9. The highest BCUT2D eigenvalue weighted by Gasteiger charge is 2.25. The molecule has 0 spiro atoms. The van der Waals surface area contributed by atoms with E-state index < -0.39 is 36.5 Å².